The lowest BCUT2D eigenvalue weighted by Gasteiger charge is -2.20. The number of carbonyl (C=O) groups is 1. The average Bonchev–Trinajstić information content (AvgIpc) is 2.53. The minimum Gasteiger partial charge on any atom is -0.394 e. The molecular formula is C12H21N3O2. The number of hydrogen-bond acceptors (Lipinski definition) is 3. The van der Waals surface area contributed by atoms with Gasteiger partial charge < -0.3 is 10.4 Å². The molecule has 1 rings (SSSR count). The van der Waals surface area contributed by atoms with E-state index in [1.807, 2.05) is 33.8 Å². The standard InChI is InChI=1S/C12H21N3O2/c1-8(2)11(7-16)13-12(17)6-15-10(4)5-9(3)14-15/h5,8,11,16H,6-7H2,1-4H3,(H,13,17). The molecule has 96 valence electrons. The number of aromatic nitrogens is 2. The van der Waals surface area contributed by atoms with Crippen LogP contribution in [0, 0.1) is 19.8 Å². The number of nitrogens with one attached hydrogen (secondary N) is 1. The monoisotopic (exact) mass is 239 g/mol. The smallest absolute Gasteiger partial charge is 0.242 e. The third-order valence-corrected chi connectivity index (χ3v) is 2.74. The number of rotatable bonds is 5. The Kier molecular flexibility index (Phi) is 4.69. The molecule has 1 aromatic rings. The maximum atomic E-state index is 11.8. The number of aliphatic hydroxyl groups is 1. The molecule has 0 aliphatic heterocycles. The van der Waals surface area contributed by atoms with Gasteiger partial charge in [-0.15, -0.1) is 0 Å². The highest BCUT2D eigenvalue weighted by Gasteiger charge is 2.15. The molecule has 1 heterocycles. The van der Waals surface area contributed by atoms with Crippen molar-refractivity contribution in [1.82, 2.24) is 15.1 Å². The van der Waals surface area contributed by atoms with Crippen LogP contribution in [0.25, 0.3) is 0 Å². The molecule has 2 N–H and O–H groups in total. The van der Waals surface area contributed by atoms with Crippen molar-refractivity contribution in [3.8, 4) is 0 Å². The van der Waals surface area contributed by atoms with E-state index in [2.05, 4.69) is 10.4 Å². The molecule has 5 nitrogen and oxygen atoms in total. The van der Waals surface area contributed by atoms with Crippen LogP contribution >= 0.6 is 0 Å². The summed E-state index contributed by atoms with van der Waals surface area (Å²) in [6.07, 6.45) is 0. The van der Waals surface area contributed by atoms with Gasteiger partial charge in [-0.05, 0) is 25.8 Å². The molecule has 0 fully saturated rings. The first-order valence-corrected chi connectivity index (χ1v) is 5.85. The average molecular weight is 239 g/mol. The van der Waals surface area contributed by atoms with Crippen molar-refractivity contribution in [3.63, 3.8) is 0 Å². The number of nitrogens with zero attached hydrogens (tertiary/aromatic N) is 2. The van der Waals surface area contributed by atoms with Crippen molar-refractivity contribution in [3.05, 3.63) is 17.5 Å². The van der Waals surface area contributed by atoms with Crippen molar-refractivity contribution >= 4 is 5.91 Å². The van der Waals surface area contributed by atoms with E-state index in [1.54, 1.807) is 4.68 Å². The zero-order chi connectivity index (χ0) is 13.0. The van der Waals surface area contributed by atoms with Gasteiger partial charge in [-0.25, -0.2) is 0 Å². The van der Waals surface area contributed by atoms with Gasteiger partial charge in [0.15, 0.2) is 0 Å². The summed E-state index contributed by atoms with van der Waals surface area (Å²) in [6, 6.07) is 1.73. The molecule has 1 atom stereocenters. The molecule has 1 amide bonds. The topological polar surface area (TPSA) is 67.2 Å². The van der Waals surface area contributed by atoms with E-state index < -0.39 is 0 Å². The van der Waals surface area contributed by atoms with E-state index in [-0.39, 0.29) is 31.0 Å². The van der Waals surface area contributed by atoms with Crippen LogP contribution in [0.3, 0.4) is 0 Å². The molecule has 0 saturated heterocycles. The van der Waals surface area contributed by atoms with Gasteiger partial charge in [0.25, 0.3) is 0 Å². The lowest BCUT2D eigenvalue weighted by Crippen LogP contribution is -2.42. The second kappa shape index (κ2) is 5.82. The van der Waals surface area contributed by atoms with Crippen molar-refractivity contribution < 1.29 is 9.90 Å². The summed E-state index contributed by atoms with van der Waals surface area (Å²) < 4.78 is 1.67. The van der Waals surface area contributed by atoms with Gasteiger partial charge in [0.1, 0.15) is 6.54 Å². The Hall–Kier alpha value is -1.36. The van der Waals surface area contributed by atoms with Gasteiger partial charge in [-0.3, -0.25) is 9.48 Å². The Balaban J connectivity index is 2.58. The van der Waals surface area contributed by atoms with Crippen LogP contribution in [0.15, 0.2) is 6.07 Å². The van der Waals surface area contributed by atoms with Gasteiger partial charge >= 0.3 is 0 Å². The molecule has 0 aliphatic carbocycles. The van der Waals surface area contributed by atoms with Crippen LogP contribution in [0.5, 0.6) is 0 Å². The first-order valence-electron chi connectivity index (χ1n) is 5.85. The van der Waals surface area contributed by atoms with Gasteiger partial charge in [0.2, 0.25) is 5.91 Å². The van der Waals surface area contributed by atoms with Gasteiger partial charge in [-0.2, -0.15) is 5.10 Å². The van der Waals surface area contributed by atoms with Crippen molar-refractivity contribution in [2.45, 2.75) is 40.3 Å². The molecule has 0 saturated carbocycles. The highest BCUT2D eigenvalue weighted by atomic mass is 16.3. The van der Waals surface area contributed by atoms with E-state index in [9.17, 15) is 4.79 Å². The Morgan fingerprint density at radius 2 is 2.18 bits per heavy atom. The Labute approximate surface area is 102 Å². The van der Waals surface area contributed by atoms with Gasteiger partial charge in [0, 0.05) is 5.69 Å². The summed E-state index contributed by atoms with van der Waals surface area (Å²) in [5.41, 5.74) is 1.86. The Bertz CT molecular complexity index is 385. The van der Waals surface area contributed by atoms with E-state index in [0.717, 1.165) is 11.4 Å². The molecule has 0 spiro atoms. The summed E-state index contributed by atoms with van der Waals surface area (Å²) in [4.78, 5) is 11.8. The van der Waals surface area contributed by atoms with Crippen LogP contribution in [0.2, 0.25) is 0 Å². The fraction of sp³-hybridized carbons (Fsp3) is 0.667. The van der Waals surface area contributed by atoms with Crippen LogP contribution in [0.1, 0.15) is 25.2 Å². The normalized spacial score (nSPS) is 12.8. The molecule has 1 unspecified atom stereocenters. The van der Waals surface area contributed by atoms with Crippen LogP contribution in [-0.2, 0) is 11.3 Å². The van der Waals surface area contributed by atoms with Crippen LogP contribution < -0.4 is 5.32 Å². The molecule has 0 bridgehead atoms. The minimum atomic E-state index is -0.195. The summed E-state index contributed by atoms with van der Waals surface area (Å²) in [7, 11) is 0. The summed E-state index contributed by atoms with van der Waals surface area (Å²) >= 11 is 0. The number of amides is 1. The van der Waals surface area contributed by atoms with E-state index in [4.69, 9.17) is 5.11 Å². The first kappa shape index (κ1) is 13.7. The van der Waals surface area contributed by atoms with E-state index in [1.165, 1.54) is 0 Å². The fourth-order valence-corrected chi connectivity index (χ4v) is 1.65. The number of aryl methyl sites for hydroxylation is 2. The zero-order valence-corrected chi connectivity index (χ0v) is 10.9. The predicted molar refractivity (Wildman–Crippen MR) is 65.6 cm³/mol. The van der Waals surface area contributed by atoms with Crippen LogP contribution in [-0.4, -0.2) is 33.4 Å². The maximum absolute atomic E-state index is 11.8. The largest absolute Gasteiger partial charge is 0.394 e. The van der Waals surface area contributed by atoms with E-state index >= 15 is 0 Å². The molecule has 0 radical (unpaired) electrons. The van der Waals surface area contributed by atoms with Gasteiger partial charge in [-0.1, -0.05) is 13.8 Å². The lowest BCUT2D eigenvalue weighted by molar-refractivity contribution is -0.123. The fourth-order valence-electron chi connectivity index (χ4n) is 1.65. The zero-order valence-electron chi connectivity index (χ0n) is 10.9. The first-order chi connectivity index (χ1) is 7.93. The third kappa shape index (κ3) is 3.85. The molecule has 0 aromatic carbocycles. The number of hydrogen-bond donors (Lipinski definition) is 2. The van der Waals surface area contributed by atoms with Crippen LogP contribution in [0.4, 0.5) is 0 Å². The number of aliphatic hydroxyl groups excluding tert-OH is 1. The molecule has 17 heavy (non-hydrogen) atoms. The highest BCUT2D eigenvalue weighted by molar-refractivity contribution is 5.76. The quantitative estimate of drug-likeness (QED) is 0.792. The molecular weight excluding hydrogens is 218 g/mol. The molecule has 0 aliphatic rings. The summed E-state index contributed by atoms with van der Waals surface area (Å²) in [5, 5.41) is 16.2. The minimum absolute atomic E-state index is 0.0411. The summed E-state index contributed by atoms with van der Waals surface area (Å²) in [5.74, 6) is 0.0911. The van der Waals surface area contributed by atoms with Gasteiger partial charge in [0.05, 0.1) is 18.3 Å². The Morgan fingerprint density at radius 1 is 1.53 bits per heavy atom. The highest BCUT2D eigenvalue weighted by Crippen LogP contribution is 2.03. The molecule has 1 aromatic heterocycles. The lowest BCUT2D eigenvalue weighted by atomic mass is 10.1. The van der Waals surface area contributed by atoms with E-state index in [0.29, 0.717) is 0 Å². The Morgan fingerprint density at radius 3 is 2.59 bits per heavy atom. The second-order valence-electron chi connectivity index (χ2n) is 4.69. The third-order valence-electron chi connectivity index (χ3n) is 2.74. The molecule has 5 heteroatoms. The second-order valence-corrected chi connectivity index (χ2v) is 4.69. The van der Waals surface area contributed by atoms with Crippen molar-refractivity contribution in [2.24, 2.45) is 5.92 Å². The maximum Gasteiger partial charge on any atom is 0.242 e. The SMILES string of the molecule is Cc1cc(C)n(CC(=O)NC(CO)C(C)C)n1. The number of carbonyl (C=O) groups excluding carboxylic acids is 1. The van der Waals surface area contributed by atoms with Crippen molar-refractivity contribution in [2.75, 3.05) is 6.61 Å². The summed E-state index contributed by atoms with van der Waals surface area (Å²) in [6.45, 7) is 7.89. The predicted octanol–water partition coefficient (Wildman–Crippen LogP) is 0.633. The van der Waals surface area contributed by atoms with Crippen molar-refractivity contribution in [1.29, 1.82) is 0 Å².